The number of hydrogen-bond acceptors (Lipinski definition) is 1. The summed E-state index contributed by atoms with van der Waals surface area (Å²) in [6.07, 6.45) is 3.87. The molecule has 1 aromatic rings. The normalized spacial score (nSPS) is 10.7. The van der Waals surface area contributed by atoms with Gasteiger partial charge in [-0.3, -0.25) is 0 Å². The van der Waals surface area contributed by atoms with Gasteiger partial charge in [-0.1, -0.05) is 50.1 Å². The second kappa shape index (κ2) is 5.32. The fourth-order valence-corrected chi connectivity index (χ4v) is 1.66. The first kappa shape index (κ1) is 11.5. The summed E-state index contributed by atoms with van der Waals surface area (Å²) < 4.78 is 0.787. The number of alkyl halides is 1. The summed E-state index contributed by atoms with van der Waals surface area (Å²) in [4.78, 5) is 10.6. The molecule has 0 saturated carbocycles. The van der Waals surface area contributed by atoms with Gasteiger partial charge in [-0.15, -0.1) is 0 Å². The van der Waals surface area contributed by atoms with E-state index in [0.717, 1.165) is 15.4 Å². The highest BCUT2D eigenvalue weighted by Gasteiger charge is 2.04. The van der Waals surface area contributed by atoms with Gasteiger partial charge < -0.3 is 5.11 Å². The minimum atomic E-state index is -0.915. The average Bonchev–Trinajstić information content (AvgIpc) is 2.15. The molecule has 0 aliphatic heterocycles. The molecular weight excluding hydrogens is 312 g/mol. The molecule has 0 fully saturated rings. The molecule has 0 saturated heterocycles. The van der Waals surface area contributed by atoms with Crippen LogP contribution in [0, 0.1) is 0 Å². The molecule has 4 heteroatoms. The second-order valence-corrected chi connectivity index (χ2v) is 4.10. The van der Waals surface area contributed by atoms with Crippen LogP contribution in [0.3, 0.4) is 0 Å². The highest BCUT2D eigenvalue weighted by molar-refractivity contribution is 9.10. The maximum Gasteiger partial charge on any atom is 0.335 e. The molecule has 0 bridgehead atoms. The monoisotopic (exact) mass is 318 g/mol. The van der Waals surface area contributed by atoms with Crippen LogP contribution >= 0.6 is 31.9 Å². The van der Waals surface area contributed by atoms with Crippen molar-refractivity contribution in [3.05, 3.63) is 39.9 Å². The van der Waals surface area contributed by atoms with Crippen molar-refractivity contribution in [1.82, 2.24) is 0 Å². The smallest absolute Gasteiger partial charge is 0.335 e. The maximum atomic E-state index is 10.6. The molecule has 74 valence electrons. The van der Waals surface area contributed by atoms with E-state index in [2.05, 4.69) is 31.9 Å². The van der Waals surface area contributed by atoms with Gasteiger partial charge in [0.25, 0.3) is 0 Å². The van der Waals surface area contributed by atoms with Crippen molar-refractivity contribution in [1.29, 1.82) is 0 Å². The summed E-state index contributed by atoms with van der Waals surface area (Å²) in [6, 6.07) is 4.95. The molecule has 1 aromatic carbocycles. The number of halogens is 2. The van der Waals surface area contributed by atoms with Gasteiger partial charge in [-0.25, -0.2) is 4.79 Å². The fraction of sp³-hybridized carbons (Fsp3) is 0.100. The van der Waals surface area contributed by atoms with Crippen LogP contribution in [0.5, 0.6) is 0 Å². The summed E-state index contributed by atoms with van der Waals surface area (Å²) in [5.74, 6) is -0.915. The van der Waals surface area contributed by atoms with Gasteiger partial charge in [0, 0.05) is 9.80 Å². The highest BCUT2D eigenvalue weighted by atomic mass is 79.9. The summed E-state index contributed by atoms with van der Waals surface area (Å²) in [5.41, 5.74) is 1.25. The predicted molar refractivity (Wildman–Crippen MR) is 63.9 cm³/mol. The third kappa shape index (κ3) is 2.96. The number of benzene rings is 1. The molecule has 1 N–H and O–H groups in total. The molecule has 0 aliphatic carbocycles. The Balaban J connectivity index is 3.01. The Hall–Kier alpha value is -0.610. The molecule has 1 rings (SSSR count). The van der Waals surface area contributed by atoms with Gasteiger partial charge in [0.2, 0.25) is 0 Å². The van der Waals surface area contributed by atoms with Crippen molar-refractivity contribution < 1.29 is 9.90 Å². The number of hydrogen-bond donors (Lipinski definition) is 1. The first-order valence-electron chi connectivity index (χ1n) is 3.90. The number of carboxylic acids is 1. The minimum absolute atomic E-state index is 0.285. The Morgan fingerprint density at radius 2 is 2.21 bits per heavy atom. The lowest BCUT2D eigenvalue weighted by Gasteiger charge is -2.00. The number of carbonyl (C=O) groups is 1. The van der Waals surface area contributed by atoms with Crippen molar-refractivity contribution in [2.24, 2.45) is 0 Å². The number of carboxylic acid groups (broad SMARTS) is 1. The predicted octanol–water partition coefficient (Wildman–Crippen LogP) is 3.56. The van der Waals surface area contributed by atoms with Crippen LogP contribution in [0.15, 0.2) is 28.7 Å². The zero-order chi connectivity index (χ0) is 10.6. The first-order valence-corrected chi connectivity index (χ1v) is 5.82. The van der Waals surface area contributed by atoms with E-state index < -0.39 is 5.97 Å². The van der Waals surface area contributed by atoms with Crippen molar-refractivity contribution in [3.8, 4) is 0 Å². The summed E-state index contributed by atoms with van der Waals surface area (Å²) >= 11 is 6.59. The zero-order valence-corrected chi connectivity index (χ0v) is 10.4. The van der Waals surface area contributed by atoms with Crippen LogP contribution in [0.4, 0.5) is 0 Å². The summed E-state index contributed by atoms with van der Waals surface area (Å²) in [5, 5.41) is 9.51. The molecule has 2 nitrogen and oxygen atoms in total. The van der Waals surface area contributed by atoms with Gasteiger partial charge in [0.1, 0.15) is 0 Å². The maximum absolute atomic E-state index is 10.6. The average molecular weight is 320 g/mol. The van der Waals surface area contributed by atoms with Crippen molar-refractivity contribution in [2.75, 3.05) is 5.33 Å². The topological polar surface area (TPSA) is 37.3 Å². The lowest BCUT2D eigenvalue weighted by molar-refractivity contribution is 0.0697. The molecule has 0 amide bonds. The first-order chi connectivity index (χ1) is 6.65. The third-order valence-corrected chi connectivity index (χ3v) is 2.69. The molecular formula is C10H8Br2O2. The molecule has 0 atom stereocenters. The van der Waals surface area contributed by atoms with E-state index >= 15 is 0 Å². The van der Waals surface area contributed by atoms with Crippen LogP contribution in [-0.4, -0.2) is 16.4 Å². The lowest BCUT2D eigenvalue weighted by Crippen LogP contribution is -1.95. The van der Waals surface area contributed by atoms with Crippen molar-refractivity contribution in [2.45, 2.75) is 0 Å². The van der Waals surface area contributed by atoms with E-state index in [9.17, 15) is 4.79 Å². The van der Waals surface area contributed by atoms with Crippen LogP contribution < -0.4 is 0 Å². The summed E-state index contributed by atoms with van der Waals surface area (Å²) in [6.45, 7) is 0. The number of allylic oxidation sites excluding steroid dienone is 1. The molecule has 0 aromatic heterocycles. The van der Waals surface area contributed by atoms with Crippen LogP contribution in [0.2, 0.25) is 0 Å². The van der Waals surface area contributed by atoms with Crippen molar-refractivity contribution in [3.63, 3.8) is 0 Å². The van der Waals surface area contributed by atoms with E-state index in [-0.39, 0.29) is 5.56 Å². The lowest BCUT2D eigenvalue weighted by atomic mass is 10.1. The van der Waals surface area contributed by atoms with Gasteiger partial charge in [-0.05, 0) is 17.7 Å². The van der Waals surface area contributed by atoms with Gasteiger partial charge >= 0.3 is 5.97 Å². The van der Waals surface area contributed by atoms with E-state index in [1.54, 1.807) is 18.2 Å². The largest absolute Gasteiger partial charge is 0.478 e. The Kier molecular flexibility index (Phi) is 4.35. The van der Waals surface area contributed by atoms with Crippen LogP contribution in [-0.2, 0) is 0 Å². The van der Waals surface area contributed by atoms with E-state index in [4.69, 9.17) is 5.11 Å². The van der Waals surface area contributed by atoms with Crippen LogP contribution in [0.25, 0.3) is 6.08 Å². The minimum Gasteiger partial charge on any atom is -0.478 e. The van der Waals surface area contributed by atoms with Crippen molar-refractivity contribution >= 4 is 43.9 Å². The van der Waals surface area contributed by atoms with Gasteiger partial charge in [0.05, 0.1) is 5.56 Å². The quantitative estimate of drug-likeness (QED) is 0.865. The Morgan fingerprint density at radius 1 is 1.50 bits per heavy atom. The number of rotatable bonds is 3. The molecule has 0 spiro atoms. The second-order valence-electron chi connectivity index (χ2n) is 2.60. The van der Waals surface area contributed by atoms with Gasteiger partial charge in [0.15, 0.2) is 0 Å². The van der Waals surface area contributed by atoms with E-state index in [1.807, 2.05) is 12.2 Å². The summed E-state index contributed by atoms with van der Waals surface area (Å²) in [7, 11) is 0. The Bertz CT molecular complexity index is 372. The van der Waals surface area contributed by atoms with E-state index in [1.165, 1.54) is 0 Å². The fourth-order valence-electron chi connectivity index (χ4n) is 0.967. The van der Waals surface area contributed by atoms with E-state index in [0.29, 0.717) is 0 Å². The number of aromatic carboxylic acids is 1. The molecule has 0 heterocycles. The molecule has 0 unspecified atom stereocenters. The highest BCUT2D eigenvalue weighted by Crippen LogP contribution is 2.20. The van der Waals surface area contributed by atoms with Crippen LogP contribution in [0.1, 0.15) is 15.9 Å². The molecule has 14 heavy (non-hydrogen) atoms. The third-order valence-electron chi connectivity index (χ3n) is 1.63. The molecule has 0 aliphatic rings. The zero-order valence-electron chi connectivity index (χ0n) is 7.21. The molecule has 0 radical (unpaired) electrons. The SMILES string of the molecule is O=C(O)c1ccc(C=CCBr)c(Br)c1. The standard InChI is InChI=1S/C10H8Br2O2/c11-5-1-2-7-3-4-8(10(13)14)6-9(7)12/h1-4,6H,5H2,(H,13,14). The van der Waals surface area contributed by atoms with Gasteiger partial charge in [-0.2, -0.15) is 0 Å². The Morgan fingerprint density at radius 3 is 2.71 bits per heavy atom. The Labute approximate surface area is 98.9 Å².